The average Bonchev–Trinajstić information content (AvgIpc) is 2.73. The third-order valence-corrected chi connectivity index (χ3v) is 3.65. The number of nitrogens with zero attached hydrogens (tertiary/aromatic N) is 1. The SMILES string of the molecule is CN(CC(C)(C)C)C(=O)NCC1(C(=O)O)CCCC1. The van der Waals surface area contributed by atoms with Crippen LogP contribution in [0.25, 0.3) is 0 Å². The van der Waals surface area contributed by atoms with Gasteiger partial charge in [-0.05, 0) is 18.3 Å². The summed E-state index contributed by atoms with van der Waals surface area (Å²) in [6, 6.07) is -0.192. The molecular weight excluding hydrogens is 244 g/mol. The molecule has 1 aliphatic rings. The lowest BCUT2D eigenvalue weighted by Crippen LogP contribution is -2.47. The van der Waals surface area contributed by atoms with Crippen molar-refractivity contribution in [1.82, 2.24) is 10.2 Å². The zero-order chi connectivity index (χ0) is 14.7. The maximum absolute atomic E-state index is 12.0. The monoisotopic (exact) mass is 270 g/mol. The highest BCUT2D eigenvalue weighted by Gasteiger charge is 2.41. The fourth-order valence-electron chi connectivity index (χ4n) is 2.68. The molecule has 0 heterocycles. The Morgan fingerprint density at radius 2 is 1.79 bits per heavy atom. The van der Waals surface area contributed by atoms with Crippen LogP contribution in [0.2, 0.25) is 0 Å². The van der Waals surface area contributed by atoms with Crippen LogP contribution in [-0.2, 0) is 4.79 Å². The molecule has 5 nitrogen and oxygen atoms in total. The van der Waals surface area contributed by atoms with Gasteiger partial charge in [0.25, 0.3) is 0 Å². The normalized spacial score (nSPS) is 18.1. The Morgan fingerprint density at radius 1 is 1.26 bits per heavy atom. The van der Waals surface area contributed by atoms with Gasteiger partial charge >= 0.3 is 12.0 Å². The third-order valence-electron chi connectivity index (χ3n) is 3.65. The number of hydrogen-bond acceptors (Lipinski definition) is 2. The lowest BCUT2D eigenvalue weighted by Gasteiger charge is -2.29. The van der Waals surface area contributed by atoms with Crippen molar-refractivity contribution in [2.75, 3.05) is 20.1 Å². The molecule has 0 aliphatic heterocycles. The fraction of sp³-hybridized carbons (Fsp3) is 0.857. The van der Waals surface area contributed by atoms with E-state index in [0.29, 0.717) is 19.4 Å². The van der Waals surface area contributed by atoms with Gasteiger partial charge in [0.2, 0.25) is 0 Å². The van der Waals surface area contributed by atoms with E-state index in [4.69, 9.17) is 0 Å². The predicted molar refractivity (Wildman–Crippen MR) is 74.0 cm³/mol. The molecular formula is C14H26N2O3. The van der Waals surface area contributed by atoms with Crippen LogP contribution in [0, 0.1) is 10.8 Å². The summed E-state index contributed by atoms with van der Waals surface area (Å²) >= 11 is 0. The van der Waals surface area contributed by atoms with Gasteiger partial charge in [-0.15, -0.1) is 0 Å². The number of urea groups is 1. The lowest BCUT2D eigenvalue weighted by atomic mass is 9.86. The molecule has 0 atom stereocenters. The molecule has 2 N–H and O–H groups in total. The summed E-state index contributed by atoms with van der Waals surface area (Å²) in [6.45, 7) is 7.06. The standard InChI is InChI=1S/C14H26N2O3/c1-13(2,3)10-16(4)12(19)15-9-14(11(17)18)7-5-6-8-14/h5-10H2,1-4H3,(H,15,19)(H,17,18). The van der Waals surface area contributed by atoms with E-state index in [1.165, 1.54) is 0 Å². The molecule has 5 heteroatoms. The molecule has 1 rings (SSSR count). The minimum Gasteiger partial charge on any atom is -0.481 e. The van der Waals surface area contributed by atoms with E-state index in [1.54, 1.807) is 11.9 Å². The van der Waals surface area contributed by atoms with Crippen LogP contribution in [0.1, 0.15) is 46.5 Å². The van der Waals surface area contributed by atoms with Gasteiger partial charge < -0.3 is 15.3 Å². The van der Waals surface area contributed by atoms with E-state index < -0.39 is 11.4 Å². The van der Waals surface area contributed by atoms with Gasteiger partial charge in [-0.3, -0.25) is 4.79 Å². The van der Waals surface area contributed by atoms with E-state index in [0.717, 1.165) is 12.8 Å². The topological polar surface area (TPSA) is 69.6 Å². The van der Waals surface area contributed by atoms with Crippen molar-refractivity contribution >= 4 is 12.0 Å². The quantitative estimate of drug-likeness (QED) is 0.823. The smallest absolute Gasteiger partial charge is 0.317 e. The van der Waals surface area contributed by atoms with Crippen LogP contribution in [-0.4, -0.2) is 42.1 Å². The third kappa shape index (κ3) is 4.40. The Balaban J connectivity index is 2.51. The van der Waals surface area contributed by atoms with Crippen LogP contribution >= 0.6 is 0 Å². The Kier molecular flexibility index (Phi) is 4.82. The lowest BCUT2D eigenvalue weighted by molar-refractivity contribution is -0.148. The Bertz CT molecular complexity index is 341. The molecule has 0 radical (unpaired) electrons. The fourth-order valence-corrected chi connectivity index (χ4v) is 2.68. The molecule has 0 aromatic carbocycles. The van der Waals surface area contributed by atoms with Crippen molar-refractivity contribution in [3.05, 3.63) is 0 Å². The van der Waals surface area contributed by atoms with E-state index in [1.807, 2.05) is 0 Å². The minimum absolute atomic E-state index is 0.0317. The minimum atomic E-state index is -0.788. The van der Waals surface area contributed by atoms with Gasteiger partial charge in [-0.2, -0.15) is 0 Å². The molecule has 0 bridgehead atoms. The summed E-state index contributed by atoms with van der Waals surface area (Å²) in [5, 5.41) is 12.1. The van der Waals surface area contributed by atoms with Crippen LogP contribution in [0.5, 0.6) is 0 Å². The largest absolute Gasteiger partial charge is 0.481 e. The van der Waals surface area contributed by atoms with Crippen LogP contribution < -0.4 is 5.32 Å². The van der Waals surface area contributed by atoms with E-state index in [2.05, 4.69) is 26.1 Å². The number of rotatable bonds is 4. The Hall–Kier alpha value is -1.26. The molecule has 0 aromatic rings. The highest BCUT2D eigenvalue weighted by atomic mass is 16.4. The highest BCUT2D eigenvalue weighted by Crippen LogP contribution is 2.37. The summed E-state index contributed by atoms with van der Waals surface area (Å²) < 4.78 is 0. The van der Waals surface area contributed by atoms with Crippen LogP contribution in [0.4, 0.5) is 4.79 Å². The summed E-state index contributed by atoms with van der Waals surface area (Å²) in [4.78, 5) is 24.9. The summed E-state index contributed by atoms with van der Waals surface area (Å²) in [5.74, 6) is -0.788. The van der Waals surface area contributed by atoms with E-state index in [9.17, 15) is 14.7 Å². The van der Waals surface area contributed by atoms with Crippen molar-refractivity contribution < 1.29 is 14.7 Å². The van der Waals surface area contributed by atoms with Crippen molar-refractivity contribution in [2.24, 2.45) is 10.8 Å². The average molecular weight is 270 g/mol. The summed E-state index contributed by atoms with van der Waals surface area (Å²) in [6.07, 6.45) is 3.18. The molecule has 1 aliphatic carbocycles. The zero-order valence-electron chi connectivity index (χ0n) is 12.5. The van der Waals surface area contributed by atoms with Crippen molar-refractivity contribution in [1.29, 1.82) is 0 Å². The highest BCUT2D eigenvalue weighted by molar-refractivity contribution is 5.78. The maximum Gasteiger partial charge on any atom is 0.317 e. The first kappa shape index (κ1) is 15.8. The van der Waals surface area contributed by atoms with Crippen molar-refractivity contribution in [3.8, 4) is 0 Å². The maximum atomic E-state index is 12.0. The van der Waals surface area contributed by atoms with E-state index in [-0.39, 0.29) is 18.0 Å². The molecule has 0 spiro atoms. The van der Waals surface area contributed by atoms with Gasteiger partial charge in [0, 0.05) is 20.1 Å². The number of carboxylic acids is 1. The molecule has 0 aromatic heterocycles. The first-order valence-electron chi connectivity index (χ1n) is 6.89. The second kappa shape index (κ2) is 5.80. The number of nitrogens with one attached hydrogen (secondary N) is 1. The van der Waals surface area contributed by atoms with E-state index >= 15 is 0 Å². The molecule has 1 saturated carbocycles. The second-order valence-corrected chi connectivity index (χ2v) is 6.87. The first-order valence-corrected chi connectivity index (χ1v) is 6.89. The molecule has 19 heavy (non-hydrogen) atoms. The first-order chi connectivity index (χ1) is 8.66. The number of amides is 2. The Morgan fingerprint density at radius 3 is 2.21 bits per heavy atom. The summed E-state index contributed by atoms with van der Waals surface area (Å²) in [5.41, 5.74) is -0.720. The molecule has 1 fully saturated rings. The van der Waals surface area contributed by atoms with Crippen LogP contribution in [0.15, 0.2) is 0 Å². The number of carbonyl (C=O) groups excluding carboxylic acids is 1. The molecule has 110 valence electrons. The number of aliphatic carboxylic acids is 1. The van der Waals surface area contributed by atoms with Crippen LogP contribution in [0.3, 0.4) is 0 Å². The van der Waals surface area contributed by atoms with Gasteiger partial charge in [-0.1, -0.05) is 33.6 Å². The van der Waals surface area contributed by atoms with Gasteiger partial charge in [0.15, 0.2) is 0 Å². The Labute approximate surface area is 115 Å². The second-order valence-electron chi connectivity index (χ2n) is 6.87. The van der Waals surface area contributed by atoms with Gasteiger partial charge in [0.05, 0.1) is 5.41 Å². The van der Waals surface area contributed by atoms with Gasteiger partial charge in [0.1, 0.15) is 0 Å². The van der Waals surface area contributed by atoms with Crippen molar-refractivity contribution in [2.45, 2.75) is 46.5 Å². The zero-order valence-corrected chi connectivity index (χ0v) is 12.5. The number of carbonyl (C=O) groups is 2. The summed E-state index contributed by atoms with van der Waals surface area (Å²) in [7, 11) is 1.74. The predicted octanol–water partition coefficient (Wildman–Crippen LogP) is 2.32. The number of carboxylic acid groups (broad SMARTS) is 1. The molecule has 2 amide bonds. The van der Waals surface area contributed by atoms with Gasteiger partial charge in [-0.25, -0.2) is 4.79 Å². The molecule has 0 unspecified atom stereocenters. The number of hydrogen-bond donors (Lipinski definition) is 2. The van der Waals surface area contributed by atoms with Crippen molar-refractivity contribution in [3.63, 3.8) is 0 Å². The molecule has 0 saturated heterocycles.